The maximum atomic E-state index is 13.0. The van der Waals surface area contributed by atoms with E-state index in [1.165, 1.54) is 23.1 Å². The molecule has 10 heteroatoms. The molecule has 1 aliphatic rings. The molecule has 0 saturated carbocycles. The number of carbonyl (C=O) groups excluding carboxylic acids is 3. The van der Waals surface area contributed by atoms with Gasteiger partial charge in [0.1, 0.15) is 0 Å². The third-order valence-electron chi connectivity index (χ3n) is 5.61. The zero-order valence-corrected chi connectivity index (χ0v) is 20.5. The summed E-state index contributed by atoms with van der Waals surface area (Å²) in [7, 11) is 0. The lowest BCUT2D eigenvalue weighted by Gasteiger charge is -2.38. The number of non-ortho nitro benzene ring substituents is 1. The lowest BCUT2D eigenvalue weighted by molar-refractivity contribution is -0.384. The number of nitro benzene ring substituents is 1. The van der Waals surface area contributed by atoms with Gasteiger partial charge in [-0.05, 0) is 38.3 Å². The largest absolute Gasteiger partial charge is 0.459 e. The maximum Gasteiger partial charge on any atom is 0.338 e. The van der Waals surface area contributed by atoms with Crippen LogP contribution in [0.4, 0.5) is 10.5 Å². The van der Waals surface area contributed by atoms with Crippen LogP contribution in [-0.4, -0.2) is 46.9 Å². The molecule has 0 bridgehead atoms. The van der Waals surface area contributed by atoms with E-state index in [4.69, 9.17) is 4.74 Å². The second kappa shape index (κ2) is 12.0. The zero-order valence-electron chi connectivity index (χ0n) is 20.5. The molecular formula is C26H30N4O6. The highest BCUT2D eigenvalue weighted by Crippen LogP contribution is 2.35. The van der Waals surface area contributed by atoms with Crippen molar-refractivity contribution in [3.05, 3.63) is 87.1 Å². The number of ether oxygens (including phenoxy) is 1. The van der Waals surface area contributed by atoms with Gasteiger partial charge in [0.25, 0.3) is 5.69 Å². The molecule has 36 heavy (non-hydrogen) atoms. The van der Waals surface area contributed by atoms with Gasteiger partial charge in [-0.15, -0.1) is 0 Å². The number of hydrogen-bond donors (Lipinski definition) is 2. The number of allylic oxidation sites excluding steroid dienone is 1. The van der Waals surface area contributed by atoms with Gasteiger partial charge < -0.3 is 20.3 Å². The Balaban J connectivity index is 1.80. The summed E-state index contributed by atoms with van der Waals surface area (Å²) < 4.78 is 5.42. The van der Waals surface area contributed by atoms with Crippen molar-refractivity contribution in [2.75, 3.05) is 13.1 Å². The number of nitrogens with zero attached hydrogens (tertiary/aromatic N) is 2. The molecule has 0 aromatic heterocycles. The van der Waals surface area contributed by atoms with E-state index >= 15 is 0 Å². The van der Waals surface area contributed by atoms with Crippen molar-refractivity contribution >= 4 is 23.6 Å². The lowest BCUT2D eigenvalue weighted by Crippen LogP contribution is -2.49. The fourth-order valence-electron chi connectivity index (χ4n) is 4.03. The van der Waals surface area contributed by atoms with Crippen LogP contribution in [0.3, 0.4) is 0 Å². The average molecular weight is 495 g/mol. The van der Waals surface area contributed by atoms with Crippen LogP contribution in [0.5, 0.6) is 0 Å². The Bertz CT molecular complexity index is 1160. The van der Waals surface area contributed by atoms with E-state index in [1.807, 2.05) is 30.3 Å². The lowest BCUT2D eigenvalue weighted by atomic mass is 9.93. The molecule has 1 heterocycles. The van der Waals surface area contributed by atoms with Crippen LogP contribution >= 0.6 is 0 Å². The Labute approximate surface area is 209 Å². The van der Waals surface area contributed by atoms with Gasteiger partial charge in [0.05, 0.1) is 29.1 Å². The first-order valence-corrected chi connectivity index (χ1v) is 11.7. The molecule has 0 aliphatic carbocycles. The smallest absolute Gasteiger partial charge is 0.338 e. The molecule has 0 spiro atoms. The van der Waals surface area contributed by atoms with Crippen molar-refractivity contribution in [3.63, 3.8) is 0 Å². The molecule has 2 N–H and O–H groups in total. The van der Waals surface area contributed by atoms with E-state index in [0.717, 1.165) is 5.56 Å². The van der Waals surface area contributed by atoms with Gasteiger partial charge in [0, 0.05) is 30.9 Å². The van der Waals surface area contributed by atoms with E-state index in [0.29, 0.717) is 24.2 Å². The highest BCUT2D eigenvalue weighted by atomic mass is 16.6. The molecule has 0 radical (unpaired) electrons. The van der Waals surface area contributed by atoms with Crippen LogP contribution in [-0.2, 0) is 20.7 Å². The first-order valence-electron chi connectivity index (χ1n) is 11.7. The van der Waals surface area contributed by atoms with Gasteiger partial charge in [-0.3, -0.25) is 14.9 Å². The number of benzene rings is 2. The molecule has 2 aromatic carbocycles. The van der Waals surface area contributed by atoms with Gasteiger partial charge >= 0.3 is 12.0 Å². The Morgan fingerprint density at radius 2 is 1.89 bits per heavy atom. The van der Waals surface area contributed by atoms with Crippen LogP contribution in [0.15, 0.2) is 65.9 Å². The number of carbonyl (C=O) groups is 3. The van der Waals surface area contributed by atoms with E-state index in [2.05, 4.69) is 10.6 Å². The second-order valence-corrected chi connectivity index (χ2v) is 8.74. The molecule has 190 valence electrons. The monoisotopic (exact) mass is 494 g/mol. The minimum absolute atomic E-state index is 0.142. The summed E-state index contributed by atoms with van der Waals surface area (Å²) in [5.74, 6) is -0.753. The van der Waals surface area contributed by atoms with Crippen molar-refractivity contribution < 1.29 is 24.0 Å². The minimum atomic E-state index is -0.884. The quantitative estimate of drug-likeness (QED) is 0.224. The molecule has 1 aliphatic heterocycles. The minimum Gasteiger partial charge on any atom is -0.459 e. The molecule has 0 fully saturated rings. The van der Waals surface area contributed by atoms with E-state index < -0.39 is 29.1 Å². The van der Waals surface area contributed by atoms with Crippen LogP contribution < -0.4 is 10.6 Å². The predicted octanol–water partition coefficient (Wildman–Crippen LogP) is 3.64. The Morgan fingerprint density at radius 3 is 2.56 bits per heavy atom. The number of rotatable bonds is 10. The predicted molar refractivity (Wildman–Crippen MR) is 133 cm³/mol. The Morgan fingerprint density at radius 1 is 1.17 bits per heavy atom. The SMILES string of the molecule is CC1=C(C(=O)OC(C)C)C(c2cccc([N+](=O)[O-])c2)N(CCCNC(=O)Cc2ccccc2)C(=O)N1. The van der Waals surface area contributed by atoms with Crippen molar-refractivity contribution in [3.8, 4) is 0 Å². The first kappa shape index (κ1) is 26.4. The summed E-state index contributed by atoms with van der Waals surface area (Å²) in [6.07, 6.45) is 0.258. The second-order valence-electron chi connectivity index (χ2n) is 8.74. The Kier molecular flexibility index (Phi) is 8.77. The van der Waals surface area contributed by atoms with Gasteiger partial charge in [-0.2, -0.15) is 0 Å². The molecule has 3 amide bonds. The summed E-state index contributed by atoms with van der Waals surface area (Å²) in [5, 5.41) is 16.9. The van der Waals surface area contributed by atoms with E-state index in [-0.39, 0.29) is 30.1 Å². The topological polar surface area (TPSA) is 131 Å². The van der Waals surface area contributed by atoms with Crippen LogP contribution in [0.25, 0.3) is 0 Å². The van der Waals surface area contributed by atoms with Crippen molar-refractivity contribution in [2.45, 2.75) is 45.8 Å². The third kappa shape index (κ3) is 6.68. The normalized spacial score (nSPS) is 15.5. The van der Waals surface area contributed by atoms with Crippen molar-refractivity contribution in [2.24, 2.45) is 0 Å². The number of hydrogen-bond acceptors (Lipinski definition) is 6. The molecule has 3 rings (SSSR count). The molecule has 1 atom stereocenters. The van der Waals surface area contributed by atoms with Gasteiger partial charge in [-0.25, -0.2) is 9.59 Å². The summed E-state index contributed by atoms with van der Waals surface area (Å²) >= 11 is 0. The fourth-order valence-corrected chi connectivity index (χ4v) is 4.03. The van der Waals surface area contributed by atoms with E-state index in [1.54, 1.807) is 26.8 Å². The zero-order chi connectivity index (χ0) is 26.2. The van der Waals surface area contributed by atoms with Crippen LogP contribution in [0.1, 0.15) is 44.4 Å². The molecule has 2 aromatic rings. The summed E-state index contributed by atoms with van der Waals surface area (Å²) in [4.78, 5) is 50.5. The summed E-state index contributed by atoms with van der Waals surface area (Å²) in [6.45, 7) is 5.53. The van der Waals surface area contributed by atoms with Crippen molar-refractivity contribution in [1.29, 1.82) is 0 Å². The molecule has 0 saturated heterocycles. The Hall–Kier alpha value is -4.21. The average Bonchev–Trinajstić information content (AvgIpc) is 2.82. The van der Waals surface area contributed by atoms with Crippen molar-refractivity contribution in [1.82, 2.24) is 15.5 Å². The van der Waals surface area contributed by atoms with Crippen LogP contribution in [0.2, 0.25) is 0 Å². The fraction of sp³-hybridized carbons (Fsp3) is 0.346. The number of esters is 1. The summed E-state index contributed by atoms with van der Waals surface area (Å²) in [5.41, 5.74) is 1.69. The first-order chi connectivity index (χ1) is 17.2. The van der Waals surface area contributed by atoms with Gasteiger partial charge in [0.15, 0.2) is 0 Å². The number of urea groups is 1. The van der Waals surface area contributed by atoms with E-state index in [9.17, 15) is 24.5 Å². The summed E-state index contributed by atoms with van der Waals surface area (Å²) in [6, 6.07) is 13.9. The highest BCUT2D eigenvalue weighted by Gasteiger charge is 2.39. The van der Waals surface area contributed by atoms with Gasteiger partial charge in [0.2, 0.25) is 5.91 Å². The maximum absolute atomic E-state index is 13.0. The molecule has 1 unspecified atom stereocenters. The number of nitro groups is 1. The third-order valence-corrected chi connectivity index (χ3v) is 5.61. The number of nitrogens with one attached hydrogen (secondary N) is 2. The van der Waals surface area contributed by atoms with Gasteiger partial charge in [-0.1, -0.05) is 42.5 Å². The molecule has 10 nitrogen and oxygen atoms in total. The highest BCUT2D eigenvalue weighted by molar-refractivity contribution is 5.95. The molecular weight excluding hydrogens is 464 g/mol. The van der Waals surface area contributed by atoms with Crippen LogP contribution in [0, 0.1) is 10.1 Å². The standard InChI is InChI=1S/C26H30N4O6/c1-17(2)36-25(32)23-18(3)28-26(33)29(24(23)20-11-7-12-21(16-20)30(34)35)14-8-13-27-22(31)15-19-9-5-4-6-10-19/h4-7,9-12,16-17,24H,8,13-15H2,1-3H3,(H,27,31)(H,28,33). The number of amides is 3.